The second-order valence-electron chi connectivity index (χ2n) is 6.47. The molecule has 1 aliphatic rings. The average Bonchev–Trinajstić information content (AvgIpc) is 2.85. The summed E-state index contributed by atoms with van der Waals surface area (Å²) in [6.45, 7) is 7.25. The minimum Gasteiger partial charge on any atom is -0.444 e. The number of halogens is 1. The third-order valence-corrected chi connectivity index (χ3v) is 3.91. The lowest BCUT2D eigenvalue weighted by Gasteiger charge is -2.31. The maximum absolute atomic E-state index is 12.2. The van der Waals surface area contributed by atoms with Crippen molar-refractivity contribution >= 4 is 17.7 Å². The van der Waals surface area contributed by atoms with E-state index in [1.165, 1.54) is 5.56 Å². The van der Waals surface area contributed by atoms with Gasteiger partial charge in [0.05, 0.1) is 6.04 Å². The Morgan fingerprint density at radius 1 is 1.29 bits per heavy atom. The molecule has 0 aliphatic carbocycles. The lowest BCUT2D eigenvalue weighted by molar-refractivity contribution is 0.0224. The molecule has 1 aromatic carbocycles. The van der Waals surface area contributed by atoms with Crippen molar-refractivity contribution in [2.45, 2.75) is 38.3 Å². The molecule has 1 saturated heterocycles. The summed E-state index contributed by atoms with van der Waals surface area (Å²) >= 11 is 5.94. The van der Waals surface area contributed by atoms with Gasteiger partial charge in [0.1, 0.15) is 5.60 Å². The Labute approximate surface area is 131 Å². The predicted octanol–water partition coefficient (Wildman–Crippen LogP) is 3.26. The largest absolute Gasteiger partial charge is 0.444 e. The Kier molecular flexibility index (Phi) is 4.79. The van der Waals surface area contributed by atoms with E-state index in [9.17, 15) is 4.79 Å². The molecule has 1 aromatic rings. The van der Waals surface area contributed by atoms with Crippen LogP contribution in [0.4, 0.5) is 4.79 Å². The van der Waals surface area contributed by atoms with Crippen LogP contribution in [-0.4, -0.2) is 42.8 Å². The van der Waals surface area contributed by atoms with Gasteiger partial charge in [0.15, 0.2) is 0 Å². The molecule has 1 amide bonds. The average molecular weight is 311 g/mol. The SMILES string of the molecule is CN(C(=O)OC(C)(C)C)C1CNCC1c1ccc(Cl)cc1. The van der Waals surface area contributed by atoms with Gasteiger partial charge in [-0.1, -0.05) is 23.7 Å². The number of nitrogens with zero attached hydrogens (tertiary/aromatic N) is 1. The fourth-order valence-electron chi connectivity index (χ4n) is 2.59. The number of hydrogen-bond acceptors (Lipinski definition) is 3. The van der Waals surface area contributed by atoms with Gasteiger partial charge in [-0.05, 0) is 38.5 Å². The quantitative estimate of drug-likeness (QED) is 0.911. The summed E-state index contributed by atoms with van der Waals surface area (Å²) in [5, 5.41) is 4.08. The van der Waals surface area contributed by atoms with Gasteiger partial charge >= 0.3 is 6.09 Å². The van der Waals surface area contributed by atoms with Gasteiger partial charge in [0.2, 0.25) is 0 Å². The number of ether oxygens (including phenoxy) is 1. The summed E-state index contributed by atoms with van der Waals surface area (Å²) in [5.41, 5.74) is 0.706. The van der Waals surface area contributed by atoms with Crippen LogP contribution in [0, 0.1) is 0 Å². The van der Waals surface area contributed by atoms with Crippen LogP contribution in [-0.2, 0) is 4.74 Å². The summed E-state index contributed by atoms with van der Waals surface area (Å²) in [6, 6.07) is 7.91. The molecule has 0 radical (unpaired) electrons. The second-order valence-corrected chi connectivity index (χ2v) is 6.91. The van der Waals surface area contributed by atoms with Crippen LogP contribution < -0.4 is 5.32 Å². The van der Waals surface area contributed by atoms with E-state index < -0.39 is 5.60 Å². The Bertz CT molecular complexity index is 496. The number of amides is 1. The van der Waals surface area contributed by atoms with E-state index in [2.05, 4.69) is 5.32 Å². The highest BCUT2D eigenvalue weighted by atomic mass is 35.5. The molecule has 116 valence electrons. The van der Waals surface area contributed by atoms with Crippen LogP contribution in [0.5, 0.6) is 0 Å². The molecule has 1 heterocycles. The zero-order valence-electron chi connectivity index (χ0n) is 13.0. The van der Waals surface area contributed by atoms with Crippen molar-refractivity contribution < 1.29 is 9.53 Å². The van der Waals surface area contributed by atoms with Gasteiger partial charge in [0.25, 0.3) is 0 Å². The van der Waals surface area contributed by atoms with Crippen molar-refractivity contribution in [3.05, 3.63) is 34.9 Å². The number of benzene rings is 1. The zero-order valence-corrected chi connectivity index (χ0v) is 13.8. The minimum absolute atomic E-state index is 0.0843. The van der Waals surface area contributed by atoms with Crippen molar-refractivity contribution in [3.63, 3.8) is 0 Å². The number of likely N-dealkylation sites (N-methyl/N-ethyl adjacent to an activating group) is 1. The Morgan fingerprint density at radius 3 is 2.48 bits per heavy atom. The highest BCUT2D eigenvalue weighted by molar-refractivity contribution is 6.30. The summed E-state index contributed by atoms with van der Waals surface area (Å²) in [6.07, 6.45) is -0.282. The van der Waals surface area contributed by atoms with Crippen LogP contribution in [0.3, 0.4) is 0 Å². The smallest absolute Gasteiger partial charge is 0.410 e. The number of nitrogens with one attached hydrogen (secondary N) is 1. The third kappa shape index (κ3) is 4.11. The molecule has 2 unspecified atom stereocenters. The number of rotatable bonds is 2. The first-order valence-electron chi connectivity index (χ1n) is 7.20. The van der Waals surface area contributed by atoms with E-state index in [0.717, 1.165) is 18.1 Å². The maximum atomic E-state index is 12.2. The maximum Gasteiger partial charge on any atom is 0.410 e. The van der Waals surface area contributed by atoms with Gasteiger partial charge in [-0.2, -0.15) is 0 Å². The highest BCUT2D eigenvalue weighted by Crippen LogP contribution is 2.28. The van der Waals surface area contributed by atoms with Gasteiger partial charge in [-0.25, -0.2) is 4.79 Å². The van der Waals surface area contributed by atoms with E-state index >= 15 is 0 Å². The minimum atomic E-state index is -0.479. The second kappa shape index (κ2) is 6.24. The fourth-order valence-corrected chi connectivity index (χ4v) is 2.72. The summed E-state index contributed by atoms with van der Waals surface area (Å²) in [4.78, 5) is 13.9. The number of hydrogen-bond donors (Lipinski definition) is 1. The van der Waals surface area contributed by atoms with E-state index in [4.69, 9.17) is 16.3 Å². The molecule has 1 aliphatic heterocycles. The lowest BCUT2D eigenvalue weighted by atomic mass is 9.94. The van der Waals surface area contributed by atoms with Gasteiger partial charge in [-0.15, -0.1) is 0 Å². The van der Waals surface area contributed by atoms with Crippen LogP contribution in [0.1, 0.15) is 32.3 Å². The summed E-state index contributed by atoms with van der Waals surface area (Å²) in [5.74, 6) is 0.250. The first-order chi connectivity index (χ1) is 9.78. The first kappa shape index (κ1) is 16.1. The molecule has 1 fully saturated rings. The van der Waals surface area contributed by atoms with E-state index in [1.807, 2.05) is 45.0 Å². The lowest BCUT2D eigenvalue weighted by Crippen LogP contribution is -2.43. The van der Waals surface area contributed by atoms with Crippen LogP contribution in [0.25, 0.3) is 0 Å². The van der Waals surface area contributed by atoms with E-state index in [1.54, 1.807) is 11.9 Å². The summed E-state index contributed by atoms with van der Waals surface area (Å²) < 4.78 is 5.45. The monoisotopic (exact) mass is 310 g/mol. The van der Waals surface area contributed by atoms with E-state index in [0.29, 0.717) is 0 Å². The van der Waals surface area contributed by atoms with Crippen LogP contribution in [0.15, 0.2) is 24.3 Å². The zero-order chi connectivity index (χ0) is 15.6. The van der Waals surface area contributed by atoms with Crippen molar-refractivity contribution in [1.82, 2.24) is 10.2 Å². The number of carbonyl (C=O) groups excluding carboxylic acids is 1. The standard InChI is InChI=1S/C16H23ClN2O2/c1-16(2,3)21-15(20)19(4)14-10-18-9-13(14)11-5-7-12(17)8-6-11/h5-8,13-14,18H,9-10H2,1-4H3. The highest BCUT2D eigenvalue weighted by Gasteiger charge is 2.35. The molecule has 0 aromatic heterocycles. The molecule has 5 heteroatoms. The number of carbonyl (C=O) groups is 1. The molecular formula is C16H23ClN2O2. The molecule has 2 atom stereocenters. The van der Waals surface area contributed by atoms with Gasteiger partial charge in [-0.3, -0.25) is 0 Å². The molecule has 2 rings (SSSR count). The topological polar surface area (TPSA) is 41.6 Å². The van der Waals surface area contributed by atoms with E-state index in [-0.39, 0.29) is 18.1 Å². The van der Waals surface area contributed by atoms with Crippen molar-refractivity contribution in [1.29, 1.82) is 0 Å². The van der Waals surface area contributed by atoms with Gasteiger partial charge < -0.3 is 15.0 Å². The molecule has 4 nitrogen and oxygen atoms in total. The molecule has 0 spiro atoms. The fraction of sp³-hybridized carbons (Fsp3) is 0.562. The molecular weight excluding hydrogens is 288 g/mol. The molecule has 0 saturated carbocycles. The van der Waals surface area contributed by atoms with Crippen molar-refractivity contribution in [2.75, 3.05) is 20.1 Å². The molecule has 21 heavy (non-hydrogen) atoms. The normalized spacial score (nSPS) is 22.1. The first-order valence-corrected chi connectivity index (χ1v) is 7.58. The van der Waals surface area contributed by atoms with Crippen molar-refractivity contribution in [2.24, 2.45) is 0 Å². The Morgan fingerprint density at radius 2 is 1.90 bits per heavy atom. The predicted molar refractivity (Wildman–Crippen MR) is 84.8 cm³/mol. The Balaban J connectivity index is 2.11. The van der Waals surface area contributed by atoms with Crippen LogP contribution >= 0.6 is 11.6 Å². The third-order valence-electron chi connectivity index (χ3n) is 3.66. The van der Waals surface area contributed by atoms with Crippen LogP contribution in [0.2, 0.25) is 5.02 Å². The summed E-state index contributed by atoms with van der Waals surface area (Å²) in [7, 11) is 1.80. The van der Waals surface area contributed by atoms with Crippen molar-refractivity contribution in [3.8, 4) is 0 Å². The Hall–Kier alpha value is -1.26. The molecule has 1 N–H and O–H groups in total. The molecule has 0 bridgehead atoms. The van der Waals surface area contributed by atoms with Gasteiger partial charge in [0, 0.05) is 31.1 Å².